The molecule has 1 aromatic carbocycles. The van der Waals surface area contributed by atoms with Crippen LogP contribution in [0.3, 0.4) is 0 Å². The van der Waals surface area contributed by atoms with Gasteiger partial charge >= 0.3 is 0 Å². The monoisotopic (exact) mass is 245 g/mol. The maximum Gasteiger partial charge on any atom is 0.160 e. The lowest BCUT2D eigenvalue weighted by Gasteiger charge is -2.33. The number of rotatable bonds is 1. The molecule has 1 aromatic rings. The third-order valence-electron chi connectivity index (χ3n) is 4.99. The summed E-state index contributed by atoms with van der Waals surface area (Å²) in [5.74, 6) is 0.723. The minimum absolute atomic E-state index is 0.0317. The zero-order valence-corrected chi connectivity index (χ0v) is 10.5. The Morgan fingerprint density at radius 3 is 2.67 bits per heavy atom. The molecule has 1 aliphatic heterocycles. The summed E-state index contributed by atoms with van der Waals surface area (Å²) in [6.45, 7) is 1.21. The van der Waals surface area contributed by atoms with Crippen molar-refractivity contribution in [1.82, 2.24) is 4.90 Å². The average molecular weight is 245 g/mol. The molecule has 0 radical (unpaired) electrons. The Morgan fingerprint density at radius 2 is 1.89 bits per heavy atom. The molecule has 0 amide bonds. The van der Waals surface area contributed by atoms with Gasteiger partial charge < -0.3 is 10.2 Å². The molecule has 4 rings (SSSR count). The van der Waals surface area contributed by atoms with E-state index in [2.05, 4.69) is 4.90 Å². The van der Waals surface area contributed by atoms with Crippen LogP contribution < -0.4 is 0 Å². The van der Waals surface area contributed by atoms with Crippen LogP contribution in [0.2, 0.25) is 0 Å². The van der Waals surface area contributed by atoms with E-state index in [0.29, 0.717) is 12.0 Å². The van der Waals surface area contributed by atoms with Crippen molar-refractivity contribution < 1.29 is 10.2 Å². The Morgan fingerprint density at radius 1 is 1.06 bits per heavy atom. The second-order valence-corrected chi connectivity index (χ2v) is 5.97. The minimum Gasteiger partial charge on any atom is -0.504 e. The van der Waals surface area contributed by atoms with Crippen molar-refractivity contribution in [2.75, 3.05) is 6.54 Å². The summed E-state index contributed by atoms with van der Waals surface area (Å²) in [6.07, 6.45) is 5.98. The minimum atomic E-state index is 0.0317. The Labute approximate surface area is 107 Å². The first-order valence-electron chi connectivity index (χ1n) is 7.05. The maximum absolute atomic E-state index is 9.99. The van der Waals surface area contributed by atoms with Crippen molar-refractivity contribution in [3.8, 4) is 11.5 Å². The standard InChI is InChI=1S/C15H19NO2/c17-14-6-4-10-11-7-8-16(9-1-2-9)13(11)5-3-12(10)15(14)18/h4,6,9,11,13,17-18H,1-3,5,7-8H2/t11-,13-/m0/s1. The van der Waals surface area contributed by atoms with Gasteiger partial charge in [-0.1, -0.05) is 6.07 Å². The molecule has 0 spiro atoms. The van der Waals surface area contributed by atoms with Crippen LogP contribution in [-0.4, -0.2) is 33.7 Å². The van der Waals surface area contributed by atoms with Gasteiger partial charge in [0.15, 0.2) is 11.5 Å². The van der Waals surface area contributed by atoms with Crippen molar-refractivity contribution in [2.24, 2.45) is 0 Å². The molecular weight excluding hydrogens is 226 g/mol. The molecular formula is C15H19NO2. The van der Waals surface area contributed by atoms with Crippen LogP contribution in [0.15, 0.2) is 12.1 Å². The summed E-state index contributed by atoms with van der Waals surface area (Å²) in [5, 5.41) is 19.6. The number of phenols is 2. The van der Waals surface area contributed by atoms with Gasteiger partial charge in [-0.3, -0.25) is 4.90 Å². The second-order valence-electron chi connectivity index (χ2n) is 5.97. The van der Waals surface area contributed by atoms with Gasteiger partial charge in [0.05, 0.1) is 0 Å². The quantitative estimate of drug-likeness (QED) is 0.746. The van der Waals surface area contributed by atoms with E-state index in [-0.39, 0.29) is 11.5 Å². The molecule has 96 valence electrons. The van der Waals surface area contributed by atoms with Crippen LogP contribution in [0.1, 0.15) is 42.7 Å². The van der Waals surface area contributed by atoms with Crippen molar-refractivity contribution in [2.45, 2.75) is 50.1 Å². The number of hydrogen-bond donors (Lipinski definition) is 2. The number of fused-ring (bicyclic) bond motifs is 3. The van der Waals surface area contributed by atoms with E-state index < -0.39 is 0 Å². The lowest BCUT2D eigenvalue weighted by molar-refractivity contribution is 0.216. The Balaban J connectivity index is 1.72. The zero-order valence-electron chi connectivity index (χ0n) is 10.5. The molecule has 0 aromatic heterocycles. The van der Waals surface area contributed by atoms with Crippen molar-refractivity contribution >= 4 is 0 Å². The number of aromatic hydroxyl groups is 2. The highest BCUT2D eigenvalue weighted by Crippen LogP contribution is 2.48. The summed E-state index contributed by atoms with van der Waals surface area (Å²) < 4.78 is 0. The number of phenolic OH excluding ortho intramolecular Hbond substituents is 2. The molecule has 18 heavy (non-hydrogen) atoms. The fraction of sp³-hybridized carbons (Fsp3) is 0.600. The Hall–Kier alpha value is -1.22. The molecule has 1 saturated heterocycles. The van der Waals surface area contributed by atoms with Crippen molar-refractivity contribution in [3.05, 3.63) is 23.3 Å². The molecule has 2 aliphatic carbocycles. The summed E-state index contributed by atoms with van der Waals surface area (Å²) >= 11 is 0. The van der Waals surface area contributed by atoms with Gasteiger partial charge in [-0.2, -0.15) is 0 Å². The van der Waals surface area contributed by atoms with Gasteiger partial charge in [0.1, 0.15) is 0 Å². The number of benzene rings is 1. The van der Waals surface area contributed by atoms with Gasteiger partial charge in [-0.15, -0.1) is 0 Å². The first-order chi connectivity index (χ1) is 8.75. The van der Waals surface area contributed by atoms with Crippen LogP contribution in [-0.2, 0) is 6.42 Å². The van der Waals surface area contributed by atoms with E-state index >= 15 is 0 Å². The molecule has 0 bridgehead atoms. The van der Waals surface area contributed by atoms with Gasteiger partial charge in [0.25, 0.3) is 0 Å². The highest BCUT2D eigenvalue weighted by atomic mass is 16.3. The van der Waals surface area contributed by atoms with E-state index in [1.54, 1.807) is 6.07 Å². The largest absolute Gasteiger partial charge is 0.504 e. The van der Waals surface area contributed by atoms with E-state index in [0.717, 1.165) is 24.4 Å². The molecule has 3 heteroatoms. The molecule has 2 N–H and O–H groups in total. The summed E-state index contributed by atoms with van der Waals surface area (Å²) in [6, 6.07) is 5.19. The zero-order chi connectivity index (χ0) is 12.3. The second kappa shape index (κ2) is 3.64. The molecule has 3 aliphatic rings. The molecule has 1 saturated carbocycles. The van der Waals surface area contributed by atoms with Gasteiger partial charge in [-0.25, -0.2) is 0 Å². The smallest absolute Gasteiger partial charge is 0.160 e. The molecule has 2 atom stereocenters. The maximum atomic E-state index is 9.99. The number of nitrogens with zero attached hydrogens (tertiary/aromatic N) is 1. The number of likely N-dealkylation sites (tertiary alicyclic amines) is 1. The topological polar surface area (TPSA) is 43.7 Å². The number of hydrogen-bond acceptors (Lipinski definition) is 3. The molecule has 3 nitrogen and oxygen atoms in total. The van der Waals surface area contributed by atoms with Crippen LogP contribution in [0.5, 0.6) is 11.5 Å². The van der Waals surface area contributed by atoms with E-state index in [1.165, 1.54) is 31.4 Å². The fourth-order valence-corrected chi connectivity index (χ4v) is 4.01. The van der Waals surface area contributed by atoms with Crippen LogP contribution in [0.25, 0.3) is 0 Å². The first kappa shape index (κ1) is 10.7. The van der Waals surface area contributed by atoms with E-state index in [1.807, 2.05) is 6.07 Å². The van der Waals surface area contributed by atoms with Crippen LogP contribution in [0.4, 0.5) is 0 Å². The first-order valence-corrected chi connectivity index (χ1v) is 7.05. The Kier molecular flexibility index (Phi) is 2.16. The molecule has 0 unspecified atom stereocenters. The van der Waals surface area contributed by atoms with Gasteiger partial charge in [0, 0.05) is 23.6 Å². The lowest BCUT2D eigenvalue weighted by Crippen LogP contribution is -2.36. The van der Waals surface area contributed by atoms with Crippen LogP contribution in [0, 0.1) is 0 Å². The third kappa shape index (κ3) is 1.40. The fourth-order valence-electron chi connectivity index (χ4n) is 4.01. The van der Waals surface area contributed by atoms with E-state index in [9.17, 15) is 10.2 Å². The molecule has 2 fully saturated rings. The van der Waals surface area contributed by atoms with E-state index in [4.69, 9.17) is 0 Å². The average Bonchev–Trinajstić information content (AvgIpc) is 3.13. The summed E-state index contributed by atoms with van der Waals surface area (Å²) in [5.41, 5.74) is 2.28. The van der Waals surface area contributed by atoms with Crippen molar-refractivity contribution in [1.29, 1.82) is 0 Å². The lowest BCUT2D eigenvalue weighted by atomic mass is 9.79. The SMILES string of the molecule is Oc1ccc2c(c1O)CC[C@H]1[C@H]2CCN1C1CC1. The highest BCUT2D eigenvalue weighted by Gasteiger charge is 2.44. The Bertz CT molecular complexity index is 496. The van der Waals surface area contributed by atoms with Crippen molar-refractivity contribution in [3.63, 3.8) is 0 Å². The van der Waals surface area contributed by atoms with Gasteiger partial charge in [0.2, 0.25) is 0 Å². The van der Waals surface area contributed by atoms with Gasteiger partial charge in [-0.05, 0) is 50.3 Å². The predicted octanol–water partition coefficient (Wildman–Crippen LogP) is 2.36. The highest BCUT2D eigenvalue weighted by molar-refractivity contribution is 5.52. The molecule has 1 heterocycles. The normalized spacial score (nSPS) is 31.1. The van der Waals surface area contributed by atoms with Crippen LogP contribution >= 0.6 is 0 Å². The predicted molar refractivity (Wildman–Crippen MR) is 69.0 cm³/mol. The summed E-state index contributed by atoms with van der Waals surface area (Å²) in [4.78, 5) is 2.69. The summed E-state index contributed by atoms with van der Waals surface area (Å²) in [7, 11) is 0. The third-order valence-corrected chi connectivity index (χ3v) is 4.99.